The minimum Gasteiger partial charge on any atom is -0.456 e. The minimum absolute atomic E-state index is 0.598. The summed E-state index contributed by atoms with van der Waals surface area (Å²) in [5.74, 6) is 0.598. The Morgan fingerprint density at radius 3 is 1.65 bits per heavy atom. The maximum Gasteiger partial charge on any atom is 0.227 e. The molecule has 0 amide bonds. The topological polar surface area (TPSA) is 42.4 Å². The Kier molecular flexibility index (Phi) is 6.78. The monoisotopic (exact) mass is 654 g/mol. The molecule has 4 heteroatoms. The molecular formula is C47H30N2O2. The van der Waals surface area contributed by atoms with Crippen LogP contribution in [0, 0.1) is 0 Å². The van der Waals surface area contributed by atoms with Crippen molar-refractivity contribution >= 4 is 60.9 Å². The van der Waals surface area contributed by atoms with Crippen molar-refractivity contribution in [3.63, 3.8) is 0 Å². The maximum absolute atomic E-state index is 6.38. The zero-order valence-corrected chi connectivity index (χ0v) is 27.5. The molecule has 0 aliphatic rings. The molecule has 10 rings (SSSR count). The summed E-state index contributed by atoms with van der Waals surface area (Å²) in [6.45, 7) is 0. The maximum atomic E-state index is 6.38. The van der Waals surface area contributed by atoms with E-state index in [-0.39, 0.29) is 0 Å². The average Bonchev–Trinajstić information content (AvgIpc) is 3.78. The molecule has 0 aliphatic carbocycles. The molecule has 0 spiro atoms. The Balaban J connectivity index is 1.08. The minimum atomic E-state index is 0.598. The molecule has 4 nitrogen and oxygen atoms in total. The number of hydrogen-bond acceptors (Lipinski definition) is 4. The van der Waals surface area contributed by atoms with Crippen molar-refractivity contribution in [2.75, 3.05) is 4.90 Å². The van der Waals surface area contributed by atoms with Crippen LogP contribution in [-0.2, 0) is 0 Å². The lowest BCUT2D eigenvalue weighted by Gasteiger charge is -2.26. The second-order valence-corrected chi connectivity index (χ2v) is 12.8. The molecule has 10 aromatic rings. The van der Waals surface area contributed by atoms with E-state index in [2.05, 4.69) is 144 Å². The van der Waals surface area contributed by atoms with E-state index in [1.54, 1.807) is 0 Å². The second-order valence-electron chi connectivity index (χ2n) is 12.8. The molecule has 2 heterocycles. The van der Waals surface area contributed by atoms with Gasteiger partial charge >= 0.3 is 0 Å². The first-order chi connectivity index (χ1) is 25.2. The molecule has 0 unspecified atom stereocenters. The van der Waals surface area contributed by atoms with Gasteiger partial charge in [0.2, 0.25) is 5.89 Å². The van der Waals surface area contributed by atoms with Gasteiger partial charge in [-0.25, -0.2) is 4.98 Å². The van der Waals surface area contributed by atoms with Gasteiger partial charge in [-0.3, -0.25) is 0 Å². The van der Waals surface area contributed by atoms with Crippen molar-refractivity contribution in [1.82, 2.24) is 4.98 Å². The number of nitrogens with zero attached hydrogens (tertiary/aromatic N) is 2. The number of hydrogen-bond donors (Lipinski definition) is 0. The van der Waals surface area contributed by atoms with E-state index >= 15 is 0 Å². The van der Waals surface area contributed by atoms with Gasteiger partial charge in [0.15, 0.2) is 5.58 Å². The van der Waals surface area contributed by atoms with Crippen LogP contribution in [0.15, 0.2) is 191 Å². The smallest absolute Gasteiger partial charge is 0.227 e. The van der Waals surface area contributed by atoms with E-state index in [4.69, 9.17) is 13.8 Å². The van der Waals surface area contributed by atoms with Crippen molar-refractivity contribution in [2.45, 2.75) is 0 Å². The zero-order chi connectivity index (χ0) is 33.7. The first-order valence-corrected chi connectivity index (χ1v) is 17.1. The molecule has 0 fully saturated rings. The predicted molar refractivity (Wildman–Crippen MR) is 210 cm³/mol. The van der Waals surface area contributed by atoms with Crippen LogP contribution >= 0.6 is 0 Å². The normalized spacial score (nSPS) is 11.5. The van der Waals surface area contributed by atoms with Crippen LogP contribution in [0.3, 0.4) is 0 Å². The summed E-state index contributed by atoms with van der Waals surface area (Å²) < 4.78 is 12.6. The number of anilines is 3. The van der Waals surface area contributed by atoms with Crippen LogP contribution in [-0.4, -0.2) is 4.98 Å². The summed E-state index contributed by atoms with van der Waals surface area (Å²) in [5.41, 5.74) is 11.9. The van der Waals surface area contributed by atoms with Crippen molar-refractivity contribution in [1.29, 1.82) is 0 Å². The summed E-state index contributed by atoms with van der Waals surface area (Å²) in [6.07, 6.45) is 0. The van der Waals surface area contributed by atoms with Crippen LogP contribution in [0.5, 0.6) is 0 Å². The Morgan fingerprint density at radius 1 is 0.353 bits per heavy atom. The third-order valence-electron chi connectivity index (χ3n) is 9.68. The van der Waals surface area contributed by atoms with E-state index in [9.17, 15) is 0 Å². The van der Waals surface area contributed by atoms with Crippen molar-refractivity contribution in [3.05, 3.63) is 182 Å². The first-order valence-electron chi connectivity index (χ1n) is 17.1. The summed E-state index contributed by atoms with van der Waals surface area (Å²) in [5, 5.41) is 4.48. The Hall–Kier alpha value is -6.91. The zero-order valence-electron chi connectivity index (χ0n) is 27.5. The van der Waals surface area contributed by atoms with Gasteiger partial charge in [-0.1, -0.05) is 109 Å². The number of oxazole rings is 1. The van der Waals surface area contributed by atoms with Gasteiger partial charge in [0.25, 0.3) is 0 Å². The fraction of sp³-hybridized carbons (Fsp3) is 0. The van der Waals surface area contributed by atoms with E-state index in [1.807, 2.05) is 42.5 Å². The van der Waals surface area contributed by atoms with Crippen molar-refractivity contribution < 1.29 is 8.83 Å². The highest BCUT2D eigenvalue weighted by Gasteiger charge is 2.18. The Bertz CT molecular complexity index is 2840. The SMILES string of the molecule is c1ccc(-c2ccc(N(c3ccc(-c4ccc5ccccc5c4)cc3)c3ccc4oc5cc6nc(-c7ccccc7)oc6cc5c4c3)cc2)cc1. The first kappa shape index (κ1) is 29.0. The summed E-state index contributed by atoms with van der Waals surface area (Å²) in [6, 6.07) is 63.6. The van der Waals surface area contributed by atoms with Crippen LogP contribution in [0.1, 0.15) is 0 Å². The van der Waals surface area contributed by atoms with Gasteiger partial charge in [0, 0.05) is 39.5 Å². The summed E-state index contributed by atoms with van der Waals surface area (Å²) in [7, 11) is 0. The Labute approximate surface area is 294 Å². The number of aromatic nitrogens is 1. The number of benzene rings is 8. The molecule has 51 heavy (non-hydrogen) atoms. The molecular weight excluding hydrogens is 625 g/mol. The molecule has 0 radical (unpaired) electrons. The summed E-state index contributed by atoms with van der Waals surface area (Å²) >= 11 is 0. The van der Waals surface area contributed by atoms with E-state index < -0.39 is 0 Å². The predicted octanol–water partition coefficient (Wildman–Crippen LogP) is 13.4. The average molecular weight is 655 g/mol. The second kappa shape index (κ2) is 11.9. The lowest BCUT2D eigenvalue weighted by Crippen LogP contribution is -2.09. The molecule has 0 bridgehead atoms. The van der Waals surface area contributed by atoms with Gasteiger partial charge in [0.1, 0.15) is 16.7 Å². The van der Waals surface area contributed by atoms with Gasteiger partial charge in [-0.2, -0.15) is 0 Å². The molecule has 0 saturated carbocycles. The quantitative estimate of drug-likeness (QED) is 0.179. The van der Waals surface area contributed by atoms with Gasteiger partial charge in [-0.05, 0) is 99.8 Å². The number of furan rings is 1. The third-order valence-corrected chi connectivity index (χ3v) is 9.68. The Morgan fingerprint density at radius 2 is 0.922 bits per heavy atom. The van der Waals surface area contributed by atoms with Crippen LogP contribution < -0.4 is 4.90 Å². The molecule has 0 saturated heterocycles. The number of fused-ring (bicyclic) bond motifs is 5. The fourth-order valence-electron chi connectivity index (χ4n) is 7.08. The molecule has 0 atom stereocenters. The van der Waals surface area contributed by atoms with E-state index in [0.717, 1.165) is 55.7 Å². The van der Waals surface area contributed by atoms with Gasteiger partial charge in [-0.15, -0.1) is 0 Å². The lowest BCUT2D eigenvalue weighted by atomic mass is 10.0. The van der Waals surface area contributed by atoms with Gasteiger partial charge in [0.05, 0.1) is 0 Å². The molecule has 2 aromatic heterocycles. The lowest BCUT2D eigenvalue weighted by molar-refractivity contribution is 0.620. The molecule has 240 valence electrons. The fourth-order valence-corrected chi connectivity index (χ4v) is 7.08. The molecule has 0 aliphatic heterocycles. The van der Waals surface area contributed by atoms with Crippen molar-refractivity contribution in [2.24, 2.45) is 0 Å². The van der Waals surface area contributed by atoms with Crippen LogP contribution in [0.25, 0.3) is 77.5 Å². The van der Waals surface area contributed by atoms with E-state index in [0.29, 0.717) is 5.89 Å². The third kappa shape index (κ3) is 5.22. The van der Waals surface area contributed by atoms with Crippen LogP contribution in [0.4, 0.5) is 17.1 Å². The standard InChI is InChI=1S/C47H30N2O2/c1-3-9-31(10-4-1)33-17-21-38(22-18-33)49(39-23-19-34(20-24-39)37-16-15-32-11-7-8-14-36(32)27-37)40-25-26-44-41(28-40)42-29-46-43(30-45(42)50-44)48-47(51-46)35-12-5-2-6-13-35/h1-30H. The largest absolute Gasteiger partial charge is 0.456 e. The molecule has 0 N–H and O–H groups in total. The highest BCUT2D eigenvalue weighted by Crippen LogP contribution is 2.41. The van der Waals surface area contributed by atoms with Gasteiger partial charge < -0.3 is 13.7 Å². The molecule has 8 aromatic carbocycles. The highest BCUT2D eigenvalue weighted by atomic mass is 16.4. The van der Waals surface area contributed by atoms with Crippen molar-refractivity contribution in [3.8, 4) is 33.7 Å². The number of rotatable bonds is 6. The van der Waals surface area contributed by atoms with Crippen LogP contribution in [0.2, 0.25) is 0 Å². The highest BCUT2D eigenvalue weighted by molar-refractivity contribution is 6.10. The van der Waals surface area contributed by atoms with E-state index in [1.165, 1.54) is 33.0 Å². The summed E-state index contributed by atoms with van der Waals surface area (Å²) in [4.78, 5) is 7.07.